The Labute approximate surface area is 111 Å². The number of hydrogen-bond acceptors (Lipinski definition) is 4. The van der Waals surface area contributed by atoms with Gasteiger partial charge in [-0.2, -0.15) is 0 Å². The minimum atomic E-state index is -0.508. The number of amides is 1. The van der Waals surface area contributed by atoms with Gasteiger partial charge in [-0.25, -0.2) is 0 Å². The standard InChI is InChI=1S/C14H17NO4/c1-3-13(17)19-14-7-4-10-8-11(15-9(2)16)5-6-12(10)18-14/h5-6,8,14H,3-4,7H2,1-2H3,(H,15,16). The number of esters is 1. The Morgan fingerprint density at radius 1 is 1.47 bits per heavy atom. The summed E-state index contributed by atoms with van der Waals surface area (Å²) in [6.07, 6.45) is 1.22. The van der Waals surface area contributed by atoms with Gasteiger partial charge in [0.15, 0.2) is 0 Å². The molecule has 5 heteroatoms. The molecule has 2 rings (SSSR count). The number of nitrogens with one attached hydrogen (secondary N) is 1. The van der Waals surface area contributed by atoms with Gasteiger partial charge in [0.05, 0.1) is 0 Å². The van der Waals surface area contributed by atoms with Crippen molar-refractivity contribution in [1.29, 1.82) is 0 Å². The molecule has 0 bridgehead atoms. The molecule has 0 spiro atoms. The predicted molar refractivity (Wildman–Crippen MR) is 69.9 cm³/mol. The Morgan fingerprint density at radius 3 is 2.95 bits per heavy atom. The summed E-state index contributed by atoms with van der Waals surface area (Å²) in [4.78, 5) is 22.2. The van der Waals surface area contributed by atoms with Gasteiger partial charge in [-0.3, -0.25) is 9.59 Å². The molecule has 1 atom stereocenters. The van der Waals surface area contributed by atoms with Gasteiger partial charge in [-0.15, -0.1) is 0 Å². The molecule has 0 radical (unpaired) electrons. The highest BCUT2D eigenvalue weighted by Gasteiger charge is 2.22. The molecule has 1 aromatic rings. The largest absolute Gasteiger partial charge is 0.454 e. The Bertz CT molecular complexity index is 498. The zero-order chi connectivity index (χ0) is 13.8. The molecule has 1 aliphatic rings. The molecule has 1 aromatic carbocycles. The molecular weight excluding hydrogens is 246 g/mol. The SMILES string of the molecule is CCC(=O)OC1CCc2cc(NC(C)=O)ccc2O1. The lowest BCUT2D eigenvalue weighted by molar-refractivity contribution is -0.165. The van der Waals surface area contributed by atoms with Crippen molar-refractivity contribution < 1.29 is 19.1 Å². The molecular formula is C14H17NO4. The summed E-state index contributed by atoms with van der Waals surface area (Å²) in [5.74, 6) is 0.337. The molecule has 1 aliphatic heterocycles. The number of anilines is 1. The lowest BCUT2D eigenvalue weighted by Gasteiger charge is -2.26. The van der Waals surface area contributed by atoms with Crippen molar-refractivity contribution >= 4 is 17.6 Å². The highest BCUT2D eigenvalue weighted by Crippen LogP contribution is 2.30. The van der Waals surface area contributed by atoms with Crippen LogP contribution in [0.3, 0.4) is 0 Å². The minimum absolute atomic E-state index is 0.105. The van der Waals surface area contributed by atoms with Gasteiger partial charge in [0.2, 0.25) is 12.2 Å². The van der Waals surface area contributed by atoms with E-state index in [1.54, 1.807) is 19.1 Å². The van der Waals surface area contributed by atoms with E-state index in [0.29, 0.717) is 18.6 Å². The maximum Gasteiger partial charge on any atom is 0.308 e. The number of carbonyl (C=O) groups is 2. The molecule has 19 heavy (non-hydrogen) atoms. The number of carbonyl (C=O) groups excluding carboxylic acids is 2. The Morgan fingerprint density at radius 2 is 2.26 bits per heavy atom. The van der Waals surface area contributed by atoms with Gasteiger partial charge in [0, 0.05) is 25.5 Å². The third-order valence-electron chi connectivity index (χ3n) is 2.84. The quantitative estimate of drug-likeness (QED) is 0.849. The van der Waals surface area contributed by atoms with Crippen LogP contribution in [0, 0.1) is 0 Å². The first-order chi connectivity index (χ1) is 9.08. The van der Waals surface area contributed by atoms with Crippen LogP contribution in [0.4, 0.5) is 5.69 Å². The summed E-state index contributed by atoms with van der Waals surface area (Å²) in [6, 6.07) is 5.44. The predicted octanol–water partition coefficient (Wildman–Crippen LogP) is 2.25. The van der Waals surface area contributed by atoms with Crippen molar-refractivity contribution in [3.05, 3.63) is 23.8 Å². The highest BCUT2D eigenvalue weighted by atomic mass is 16.7. The number of ether oxygens (including phenoxy) is 2. The minimum Gasteiger partial charge on any atom is -0.454 e. The summed E-state index contributed by atoms with van der Waals surface area (Å²) >= 11 is 0. The number of aryl methyl sites for hydroxylation is 1. The Kier molecular flexibility index (Phi) is 4.04. The molecule has 1 heterocycles. The first-order valence-corrected chi connectivity index (χ1v) is 6.35. The lowest BCUT2D eigenvalue weighted by Crippen LogP contribution is -2.28. The highest BCUT2D eigenvalue weighted by molar-refractivity contribution is 5.88. The lowest BCUT2D eigenvalue weighted by atomic mass is 10.0. The van der Waals surface area contributed by atoms with Crippen LogP contribution in [0.15, 0.2) is 18.2 Å². The van der Waals surface area contributed by atoms with E-state index in [0.717, 1.165) is 17.7 Å². The van der Waals surface area contributed by atoms with Gasteiger partial charge in [0.1, 0.15) is 5.75 Å². The zero-order valence-corrected chi connectivity index (χ0v) is 11.1. The number of fused-ring (bicyclic) bond motifs is 1. The maximum atomic E-state index is 11.2. The van der Waals surface area contributed by atoms with Gasteiger partial charge < -0.3 is 14.8 Å². The van der Waals surface area contributed by atoms with Crippen LogP contribution in [0.2, 0.25) is 0 Å². The van der Waals surface area contributed by atoms with E-state index in [4.69, 9.17) is 9.47 Å². The first kappa shape index (κ1) is 13.4. The van der Waals surface area contributed by atoms with E-state index in [1.807, 2.05) is 6.07 Å². The van der Waals surface area contributed by atoms with E-state index in [2.05, 4.69) is 5.32 Å². The van der Waals surface area contributed by atoms with Crippen molar-refractivity contribution in [2.24, 2.45) is 0 Å². The van der Waals surface area contributed by atoms with Gasteiger partial charge in [-0.05, 0) is 30.2 Å². The molecule has 0 fully saturated rings. The fourth-order valence-electron chi connectivity index (χ4n) is 1.96. The van der Waals surface area contributed by atoms with Crippen molar-refractivity contribution in [2.45, 2.75) is 39.4 Å². The van der Waals surface area contributed by atoms with Crippen LogP contribution in [0.25, 0.3) is 0 Å². The average Bonchev–Trinajstić information content (AvgIpc) is 2.38. The number of rotatable bonds is 3. The molecule has 0 aromatic heterocycles. The molecule has 1 unspecified atom stereocenters. The van der Waals surface area contributed by atoms with Crippen LogP contribution in [-0.2, 0) is 20.7 Å². The fourth-order valence-corrected chi connectivity index (χ4v) is 1.96. The van der Waals surface area contributed by atoms with Crippen molar-refractivity contribution in [3.8, 4) is 5.75 Å². The van der Waals surface area contributed by atoms with E-state index >= 15 is 0 Å². The van der Waals surface area contributed by atoms with E-state index < -0.39 is 6.29 Å². The van der Waals surface area contributed by atoms with Crippen LogP contribution in [0.1, 0.15) is 32.3 Å². The second-order valence-electron chi connectivity index (χ2n) is 4.43. The summed E-state index contributed by atoms with van der Waals surface area (Å²) in [5, 5.41) is 2.73. The van der Waals surface area contributed by atoms with Crippen LogP contribution in [-0.4, -0.2) is 18.2 Å². The van der Waals surface area contributed by atoms with Gasteiger partial charge >= 0.3 is 5.97 Å². The third kappa shape index (κ3) is 3.47. The number of benzene rings is 1. The summed E-state index contributed by atoms with van der Waals surface area (Å²) < 4.78 is 10.8. The van der Waals surface area contributed by atoms with Crippen molar-refractivity contribution in [1.82, 2.24) is 0 Å². The summed E-state index contributed by atoms with van der Waals surface area (Å²) in [7, 11) is 0. The normalized spacial score (nSPS) is 17.1. The summed E-state index contributed by atoms with van der Waals surface area (Å²) in [5.41, 5.74) is 1.76. The van der Waals surface area contributed by atoms with E-state index in [1.165, 1.54) is 6.92 Å². The van der Waals surface area contributed by atoms with Gasteiger partial charge in [-0.1, -0.05) is 6.92 Å². The van der Waals surface area contributed by atoms with Crippen LogP contribution < -0.4 is 10.1 Å². The second kappa shape index (κ2) is 5.73. The zero-order valence-electron chi connectivity index (χ0n) is 11.1. The van der Waals surface area contributed by atoms with Crippen molar-refractivity contribution in [2.75, 3.05) is 5.32 Å². The van der Waals surface area contributed by atoms with Crippen LogP contribution in [0.5, 0.6) is 5.75 Å². The smallest absolute Gasteiger partial charge is 0.308 e. The molecule has 0 saturated heterocycles. The molecule has 1 N–H and O–H groups in total. The summed E-state index contributed by atoms with van der Waals surface area (Å²) in [6.45, 7) is 3.22. The third-order valence-corrected chi connectivity index (χ3v) is 2.84. The van der Waals surface area contributed by atoms with E-state index in [-0.39, 0.29) is 11.9 Å². The Hall–Kier alpha value is -2.04. The number of hydrogen-bond donors (Lipinski definition) is 1. The topological polar surface area (TPSA) is 64.6 Å². The molecule has 0 aliphatic carbocycles. The molecule has 102 valence electrons. The molecule has 5 nitrogen and oxygen atoms in total. The second-order valence-corrected chi connectivity index (χ2v) is 4.43. The maximum absolute atomic E-state index is 11.2. The Balaban J connectivity index is 2.06. The monoisotopic (exact) mass is 263 g/mol. The average molecular weight is 263 g/mol. The van der Waals surface area contributed by atoms with Crippen molar-refractivity contribution in [3.63, 3.8) is 0 Å². The van der Waals surface area contributed by atoms with Gasteiger partial charge in [0.25, 0.3) is 0 Å². The molecule has 1 amide bonds. The molecule has 0 saturated carbocycles. The van der Waals surface area contributed by atoms with E-state index in [9.17, 15) is 9.59 Å². The fraction of sp³-hybridized carbons (Fsp3) is 0.429. The van der Waals surface area contributed by atoms with Crippen LogP contribution >= 0.6 is 0 Å². The first-order valence-electron chi connectivity index (χ1n) is 6.35.